The summed E-state index contributed by atoms with van der Waals surface area (Å²) in [7, 11) is 0. The molecule has 1 heterocycles. The average Bonchev–Trinajstić information content (AvgIpc) is 2.70. The number of nitrogens with zero attached hydrogens (tertiary/aromatic N) is 1. The Bertz CT molecular complexity index is 351. The average molecular weight is 211 g/mol. The normalized spacial score (nSPS) is 21.0. The van der Waals surface area contributed by atoms with Crippen LogP contribution in [0.25, 0.3) is 0 Å². The lowest BCUT2D eigenvalue weighted by Gasteiger charge is -2.19. The van der Waals surface area contributed by atoms with E-state index in [1.807, 2.05) is 4.90 Å². The quantitative estimate of drug-likeness (QED) is 0.726. The molecule has 0 aromatic heterocycles. The highest BCUT2D eigenvalue weighted by molar-refractivity contribution is 5.48. The van der Waals surface area contributed by atoms with Gasteiger partial charge in [-0.25, -0.2) is 8.78 Å². The third-order valence-electron chi connectivity index (χ3n) is 3.11. The van der Waals surface area contributed by atoms with Gasteiger partial charge < -0.3 is 4.90 Å². The second kappa shape index (κ2) is 4.17. The van der Waals surface area contributed by atoms with E-state index in [2.05, 4.69) is 6.92 Å². The summed E-state index contributed by atoms with van der Waals surface area (Å²) < 4.78 is 26.4. The van der Waals surface area contributed by atoms with Crippen LogP contribution < -0.4 is 4.90 Å². The van der Waals surface area contributed by atoms with Gasteiger partial charge in [0.25, 0.3) is 0 Å². The number of rotatable bonds is 2. The molecule has 3 heteroatoms. The third kappa shape index (κ3) is 2.11. The molecule has 0 bridgehead atoms. The van der Waals surface area contributed by atoms with E-state index in [0.29, 0.717) is 11.6 Å². The molecule has 1 aliphatic heterocycles. The Morgan fingerprint density at radius 1 is 1.40 bits per heavy atom. The highest BCUT2D eigenvalue weighted by atomic mass is 19.1. The molecule has 0 amide bonds. The molecule has 1 aromatic carbocycles. The van der Waals surface area contributed by atoms with E-state index in [4.69, 9.17) is 0 Å². The predicted molar refractivity (Wildman–Crippen MR) is 57.0 cm³/mol. The molecule has 82 valence electrons. The molecule has 1 saturated heterocycles. The molecule has 15 heavy (non-hydrogen) atoms. The fraction of sp³-hybridized carbons (Fsp3) is 0.500. The smallest absolute Gasteiger partial charge is 0.146 e. The summed E-state index contributed by atoms with van der Waals surface area (Å²) in [5, 5.41) is 0. The van der Waals surface area contributed by atoms with E-state index in [0.717, 1.165) is 32.0 Å². The fourth-order valence-corrected chi connectivity index (χ4v) is 2.11. The van der Waals surface area contributed by atoms with Crippen molar-refractivity contribution in [2.45, 2.75) is 19.8 Å². The van der Waals surface area contributed by atoms with Gasteiger partial charge in [0.1, 0.15) is 11.6 Å². The van der Waals surface area contributed by atoms with Crippen molar-refractivity contribution in [2.75, 3.05) is 18.0 Å². The maximum atomic E-state index is 13.4. The summed E-state index contributed by atoms with van der Waals surface area (Å²) >= 11 is 0. The Morgan fingerprint density at radius 2 is 2.20 bits per heavy atom. The van der Waals surface area contributed by atoms with Gasteiger partial charge in [0, 0.05) is 19.2 Å². The topological polar surface area (TPSA) is 3.24 Å². The van der Waals surface area contributed by atoms with Crippen molar-refractivity contribution in [1.82, 2.24) is 0 Å². The van der Waals surface area contributed by atoms with Gasteiger partial charge >= 0.3 is 0 Å². The van der Waals surface area contributed by atoms with Crippen molar-refractivity contribution in [3.8, 4) is 0 Å². The predicted octanol–water partition coefficient (Wildman–Crippen LogP) is 3.20. The first-order valence-corrected chi connectivity index (χ1v) is 5.40. The van der Waals surface area contributed by atoms with E-state index in [9.17, 15) is 8.78 Å². The third-order valence-corrected chi connectivity index (χ3v) is 3.11. The Morgan fingerprint density at radius 3 is 2.87 bits per heavy atom. The van der Waals surface area contributed by atoms with Gasteiger partial charge in [-0.15, -0.1) is 0 Å². The van der Waals surface area contributed by atoms with Crippen molar-refractivity contribution in [2.24, 2.45) is 5.92 Å². The molecule has 1 aliphatic rings. The Labute approximate surface area is 88.7 Å². The lowest BCUT2D eigenvalue weighted by Crippen LogP contribution is -2.20. The first-order chi connectivity index (χ1) is 7.20. The minimum absolute atomic E-state index is 0.326. The zero-order valence-corrected chi connectivity index (χ0v) is 8.84. The minimum atomic E-state index is -0.369. The van der Waals surface area contributed by atoms with E-state index >= 15 is 0 Å². The summed E-state index contributed by atoms with van der Waals surface area (Å²) in [6.07, 6.45) is 2.18. The van der Waals surface area contributed by atoms with E-state index in [-0.39, 0.29) is 11.6 Å². The molecule has 1 nitrogen and oxygen atoms in total. The summed E-state index contributed by atoms with van der Waals surface area (Å²) in [4.78, 5) is 1.94. The van der Waals surface area contributed by atoms with Gasteiger partial charge in [-0.1, -0.05) is 13.3 Å². The molecule has 1 aromatic rings. The second-order valence-electron chi connectivity index (χ2n) is 4.10. The summed E-state index contributed by atoms with van der Waals surface area (Å²) in [5.74, 6) is -0.0767. The summed E-state index contributed by atoms with van der Waals surface area (Å²) in [6, 6.07) is 3.64. The summed E-state index contributed by atoms with van der Waals surface area (Å²) in [6.45, 7) is 3.81. The van der Waals surface area contributed by atoms with Crippen LogP contribution in [0.1, 0.15) is 19.8 Å². The lowest BCUT2D eigenvalue weighted by molar-refractivity contribution is 0.565. The van der Waals surface area contributed by atoms with Gasteiger partial charge in [0.15, 0.2) is 0 Å². The minimum Gasteiger partial charge on any atom is -0.369 e. The zero-order valence-electron chi connectivity index (χ0n) is 8.84. The monoisotopic (exact) mass is 211 g/mol. The van der Waals surface area contributed by atoms with Crippen LogP contribution in [0.5, 0.6) is 0 Å². The van der Waals surface area contributed by atoms with Gasteiger partial charge in [-0.2, -0.15) is 0 Å². The van der Waals surface area contributed by atoms with Crippen LogP contribution in [-0.2, 0) is 0 Å². The van der Waals surface area contributed by atoms with E-state index in [1.165, 1.54) is 12.1 Å². The van der Waals surface area contributed by atoms with Gasteiger partial charge in [0.2, 0.25) is 0 Å². The van der Waals surface area contributed by atoms with Crippen molar-refractivity contribution in [3.63, 3.8) is 0 Å². The van der Waals surface area contributed by atoms with Crippen molar-refractivity contribution < 1.29 is 8.78 Å². The molecule has 2 rings (SSSR count). The fourth-order valence-electron chi connectivity index (χ4n) is 2.11. The number of halogens is 2. The molecule has 1 unspecified atom stereocenters. The molecule has 0 saturated carbocycles. The number of hydrogen-bond acceptors (Lipinski definition) is 1. The molecule has 0 spiro atoms. The first-order valence-electron chi connectivity index (χ1n) is 5.40. The van der Waals surface area contributed by atoms with Gasteiger partial charge in [-0.05, 0) is 24.5 Å². The van der Waals surface area contributed by atoms with Crippen LogP contribution in [0.3, 0.4) is 0 Å². The maximum absolute atomic E-state index is 13.4. The molecule has 0 radical (unpaired) electrons. The highest BCUT2D eigenvalue weighted by Crippen LogP contribution is 2.28. The van der Waals surface area contributed by atoms with Crippen LogP contribution >= 0.6 is 0 Å². The molecule has 0 aliphatic carbocycles. The zero-order chi connectivity index (χ0) is 10.8. The van der Waals surface area contributed by atoms with Crippen molar-refractivity contribution in [3.05, 3.63) is 29.8 Å². The molecule has 0 N–H and O–H groups in total. The van der Waals surface area contributed by atoms with Crippen LogP contribution in [-0.4, -0.2) is 13.1 Å². The summed E-state index contributed by atoms with van der Waals surface area (Å²) in [5.41, 5.74) is 0.408. The molecular weight excluding hydrogens is 196 g/mol. The van der Waals surface area contributed by atoms with Crippen LogP contribution in [0.15, 0.2) is 18.2 Å². The lowest BCUT2D eigenvalue weighted by atomic mass is 10.1. The van der Waals surface area contributed by atoms with Crippen molar-refractivity contribution in [1.29, 1.82) is 0 Å². The second-order valence-corrected chi connectivity index (χ2v) is 4.10. The van der Waals surface area contributed by atoms with Crippen molar-refractivity contribution >= 4 is 5.69 Å². The molecule has 1 fully saturated rings. The Kier molecular flexibility index (Phi) is 2.89. The molecule has 1 atom stereocenters. The number of anilines is 1. The van der Waals surface area contributed by atoms with Gasteiger partial charge in [0.05, 0.1) is 5.69 Å². The Hall–Kier alpha value is -1.12. The SMILES string of the molecule is CCC1CCN(c2cc(F)ccc2F)C1. The number of hydrogen-bond donors (Lipinski definition) is 0. The Balaban J connectivity index is 2.19. The largest absolute Gasteiger partial charge is 0.369 e. The standard InChI is InChI=1S/C12H15F2N/c1-2-9-5-6-15(8-9)12-7-10(13)3-4-11(12)14/h3-4,7,9H,2,5-6,8H2,1H3. The van der Waals surface area contributed by atoms with E-state index < -0.39 is 0 Å². The van der Waals surface area contributed by atoms with E-state index in [1.54, 1.807) is 0 Å². The highest BCUT2D eigenvalue weighted by Gasteiger charge is 2.23. The van der Waals surface area contributed by atoms with Crippen LogP contribution in [0, 0.1) is 17.6 Å². The van der Waals surface area contributed by atoms with Crippen LogP contribution in [0.2, 0.25) is 0 Å². The van der Waals surface area contributed by atoms with Crippen LogP contribution in [0.4, 0.5) is 14.5 Å². The maximum Gasteiger partial charge on any atom is 0.146 e. The van der Waals surface area contributed by atoms with Gasteiger partial charge in [-0.3, -0.25) is 0 Å². The number of benzene rings is 1. The first kappa shape index (κ1) is 10.4. The molecular formula is C12H15F2N.